The predicted molar refractivity (Wildman–Crippen MR) is 51.3 cm³/mol. The molecule has 4 heteroatoms. The fourth-order valence-electron chi connectivity index (χ4n) is 1.09. The summed E-state index contributed by atoms with van der Waals surface area (Å²) >= 11 is 0. The Kier molecular flexibility index (Phi) is 3.45. The number of rotatable bonds is 4. The molecule has 0 aliphatic heterocycles. The summed E-state index contributed by atoms with van der Waals surface area (Å²) in [6.07, 6.45) is 1.72. The van der Waals surface area contributed by atoms with Crippen molar-refractivity contribution in [3.8, 4) is 0 Å². The fourth-order valence-corrected chi connectivity index (χ4v) is 1.09. The molecule has 1 aromatic heterocycles. The van der Waals surface area contributed by atoms with Crippen molar-refractivity contribution in [1.29, 1.82) is 0 Å². The average Bonchev–Trinajstić information content (AvgIpc) is 2.33. The van der Waals surface area contributed by atoms with Gasteiger partial charge in [0.15, 0.2) is 0 Å². The normalized spacial score (nSPS) is 11.5. The Balaban J connectivity index is 2.53. The molecule has 0 saturated heterocycles. The topological polar surface area (TPSA) is 32.5 Å². The molecule has 0 aliphatic rings. The highest BCUT2D eigenvalue weighted by molar-refractivity contribution is 4.95. The highest BCUT2D eigenvalue weighted by Gasteiger charge is 2.04. The maximum absolute atomic E-state index is 5.30. The van der Waals surface area contributed by atoms with Crippen LogP contribution in [0.5, 0.6) is 0 Å². The third-order valence-corrected chi connectivity index (χ3v) is 1.53. The van der Waals surface area contributed by atoms with Gasteiger partial charge in [0.05, 0.1) is 12.2 Å². The van der Waals surface area contributed by atoms with Crippen LogP contribution >= 0.6 is 0 Å². The Morgan fingerprint density at radius 3 is 2.31 bits per heavy atom. The first-order valence-corrected chi connectivity index (χ1v) is 4.30. The van der Waals surface area contributed by atoms with Gasteiger partial charge in [0.25, 0.3) is 0 Å². The van der Waals surface area contributed by atoms with E-state index in [-0.39, 0.29) is 0 Å². The quantitative estimate of drug-likeness (QED) is 0.691. The van der Waals surface area contributed by atoms with E-state index in [4.69, 9.17) is 4.42 Å². The standard InChI is InChI=1S/C9H17N3O/c1-11(2)5-8-7-13-9(10-8)6-12(3)4/h7H,5-6H2,1-4H3. The van der Waals surface area contributed by atoms with Gasteiger partial charge in [-0.15, -0.1) is 0 Å². The number of aromatic nitrogens is 1. The number of oxazole rings is 1. The van der Waals surface area contributed by atoms with E-state index in [1.165, 1.54) is 0 Å². The Morgan fingerprint density at radius 1 is 1.15 bits per heavy atom. The van der Waals surface area contributed by atoms with Crippen molar-refractivity contribution in [3.63, 3.8) is 0 Å². The highest BCUT2D eigenvalue weighted by atomic mass is 16.3. The monoisotopic (exact) mass is 183 g/mol. The Morgan fingerprint density at radius 2 is 1.77 bits per heavy atom. The lowest BCUT2D eigenvalue weighted by Crippen LogP contribution is -2.12. The van der Waals surface area contributed by atoms with Crippen molar-refractivity contribution in [3.05, 3.63) is 17.8 Å². The molecular formula is C9H17N3O. The van der Waals surface area contributed by atoms with Crippen LogP contribution in [0.1, 0.15) is 11.6 Å². The summed E-state index contributed by atoms with van der Waals surface area (Å²) in [5, 5.41) is 0. The largest absolute Gasteiger partial charge is 0.447 e. The fraction of sp³-hybridized carbons (Fsp3) is 0.667. The van der Waals surface area contributed by atoms with Gasteiger partial charge in [-0.3, -0.25) is 0 Å². The first kappa shape index (κ1) is 10.2. The van der Waals surface area contributed by atoms with Gasteiger partial charge in [-0.2, -0.15) is 0 Å². The molecule has 4 nitrogen and oxygen atoms in total. The van der Waals surface area contributed by atoms with Gasteiger partial charge < -0.3 is 14.2 Å². The summed E-state index contributed by atoms with van der Waals surface area (Å²) in [6.45, 7) is 1.59. The number of nitrogens with zero attached hydrogens (tertiary/aromatic N) is 3. The van der Waals surface area contributed by atoms with Gasteiger partial charge in [-0.1, -0.05) is 0 Å². The Bertz CT molecular complexity index is 231. The summed E-state index contributed by atoms with van der Waals surface area (Å²) in [5.74, 6) is 0.779. The van der Waals surface area contributed by atoms with Crippen LogP contribution < -0.4 is 0 Å². The molecule has 0 saturated carbocycles. The van der Waals surface area contributed by atoms with Gasteiger partial charge in [0.1, 0.15) is 6.26 Å². The average molecular weight is 183 g/mol. The minimum Gasteiger partial charge on any atom is -0.447 e. The zero-order chi connectivity index (χ0) is 9.84. The van der Waals surface area contributed by atoms with Crippen molar-refractivity contribution in [2.24, 2.45) is 0 Å². The smallest absolute Gasteiger partial charge is 0.208 e. The van der Waals surface area contributed by atoms with Crippen molar-refractivity contribution in [2.45, 2.75) is 13.1 Å². The van der Waals surface area contributed by atoms with Crippen LogP contribution in [0.4, 0.5) is 0 Å². The maximum atomic E-state index is 5.30. The first-order chi connectivity index (χ1) is 6.08. The van der Waals surface area contributed by atoms with Crippen LogP contribution in [0.25, 0.3) is 0 Å². The molecule has 0 atom stereocenters. The van der Waals surface area contributed by atoms with E-state index >= 15 is 0 Å². The van der Waals surface area contributed by atoms with E-state index in [1.807, 2.05) is 33.1 Å². The van der Waals surface area contributed by atoms with Crippen molar-refractivity contribution in [1.82, 2.24) is 14.8 Å². The molecule has 13 heavy (non-hydrogen) atoms. The lowest BCUT2D eigenvalue weighted by Gasteiger charge is -2.05. The molecule has 1 heterocycles. The van der Waals surface area contributed by atoms with Crippen LogP contribution in [-0.4, -0.2) is 43.0 Å². The Labute approximate surface area is 79.2 Å². The highest BCUT2D eigenvalue weighted by Crippen LogP contribution is 2.05. The summed E-state index contributed by atoms with van der Waals surface area (Å²) in [7, 11) is 8.02. The zero-order valence-electron chi connectivity index (χ0n) is 8.74. The summed E-state index contributed by atoms with van der Waals surface area (Å²) in [6, 6.07) is 0. The van der Waals surface area contributed by atoms with Crippen molar-refractivity contribution < 1.29 is 4.42 Å². The van der Waals surface area contributed by atoms with Crippen LogP contribution in [0, 0.1) is 0 Å². The predicted octanol–water partition coefficient (Wildman–Crippen LogP) is 0.798. The molecule has 0 radical (unpaired) electrons. The third kappa shape index (κ3) is 3.57. The van der Waals surface area contributed by atoms with Crippen LogP contribution in [0.15, 0.2) is 10.7 Å². The molecule has 0 fully saturated rings. The number of hydrogen-bond acceptors (Lipinski definition) is 4. The molecule has 0 aliphatic carbocycles. The molecule has 1 rings (SSSR count). The maximum Gasteiger partial charge on any atom is 0.208 e. The van der Waals surface area contributed by atoms with E-state index in [2.05, 4.69) is 9.88 Å². The summed E-state index contributed by atoms with van der Waals surface area (Å²) in [4.78, 5) is 8.44. The van der Waals surface area contributed by atoms with Crippen LogP contribution in [-0.2, 0) is 13.1 Å². The molecule has 74 valence electrons. The van der Waals surface area contributed by atoms with Crippen molar-refractivity contribution in [2.75, 3.05) is 28.2 Å². The molecule has 0 spiro atoms. The molecular weight excluding hydrogens is 166 g/mol. The Hall–Kier alpha value is -0.870. The lowest BCUT2D eigenvalue weighted by atomic mass is 10.4. The van der Waals surface area contributed by atoms with E-state index in [9.17, 15) is 0 Å². The molecule has 0 N–H and O–H groups in total. The van der Waals surface area contributed by atoms with Crippen molar-refractivity contribution >= 4 is 0 Å². The van der Waals surface area contributed by atoms with E-state index in [0.29, 0.717) is 0 Å². The second-order valence-electron chi connectivity index (χ2n) is 3.71. The van der Waals surface area contributed by atoms with Crippen LogP contribution in [0.3, 0.4) is 0 Å². The lowest BCUT2D eigenvalue weighted by molar-refractivity contribution is 0.341. The van der Waals surface area contributed by atoms with Gasteiger partial charge in [0.2, 0.25) is 5.89 Å². The van der Waals surface area contributed by atoms with Gasteiger partial charge in [-0.05, 0) is 28.2 Å². The van der Waals surface area contributed by atoms with Gasteiger partial charge in [-0.25, -0.2) is 4.98 Å². The van der Waals surface area contributed by atoms with E-state index in [1.54, 1.807) is 6.26 Å². The molecule has 1 aromatic rings. The molecule has 0 amide bonds. The van der Waals surface area contributed by atoms with Gasteiger partial charge in [0, 0.05) is 6.54 Å². The molecule has 0 unspecified atom stereocenters. The number of hydrogen-bond donors (Lipinski definition) is 0. The summed E-state index contributed by atoms with van der Waals surface area (Å²) < 4.78 is 5.30. The minimum atomic E-state index is 0.757. The first-order valence-electron chi connectivity index (χ1n) is 4.30. The van der Waals surface area contributed by atoms with E-state index in [0.717, 1.165) is 24.7 Å². The SMILES string of the molecule is CN(C)Cc1coc(CN(C)C)n1. The van der Waals surface area contributed by atoms with Crippen LogP contribution in [0.2, 0.25) is 0 Å². The zero-order valence-corrected chi connectivity index (χ0v) is 8.74. The second-order valence-corrected chi connectivity index (χ2v) is 3.71. The van der Waals surface area contributed by atoms with E-state index < -0.39 is 0 Å². The minimum absolute atomic E-state index is 0.757. The summed E-state index contributed by atoms with van der Waals surface area (Å²) in [5.41, 5.74) is 0.988. The third-order valence-electron chi connectivity index (χ3n) is 1.53. The molecule has 0 aromatic carbocycles. The molecule has 0 bridgehead atoms. The van der Waals surface area contributed by atoms with Gasteiger partial charge >= 0.3 is 0 Å². The second kappa shape index (κ2) is 4.39.